The van der Waals surface area contributed by atoms with Crippen LogP contribution in [0, 0.1) is 11.3 Å². The molecule has 1 unspecified atom stereocenters. The van der Waals surface area contributed by atoms with Gasteiger partial charge in [-0.15, -0.1) is 0 Å². The lowest BCUT2D eigenvalue weighted by atomic mass is 9.89. The lowest BCUT2D eigenvalue weighted by molar-refractivity contribution is -0.214. The summed E-state index contributed by atoms with van der Waals surface area (Å²) in [6.07, 6.45) is -4.36. The van der Waals surface area contributed by atoms with Crippen LogP contribution in [0.15, 0.2) is 29.8 Å². The van der Waals surface area contributed by atoms with Crippen LogP contribution >= 0.6 is 0 Å². The van der Waals surface area contributed by atoms with Crippen molar-refractivity contribution in [3.05, 3.63) is 35.4 Å². The highest BCUT2D eigenvalue weighted by Gasteiger charge is 2.64. The van der Waals surface area contributed by atoms with Gasteiger partial charge in [-0.2, -0.15) is 18.4 Å². The lowest BCUT2D eigenvalue weighted by Crippen LogP contribution is -2.53. The molecule has 1 aromatic carbocycles. The van der Waals surface area contributed by atoms with Gasteiger partial charge in [-0.25, -0.2) is 4.79 Å². The number of rotatable bonds is 1. The number of ether oxygens (including phenoxy) is 1. The van der Waals surface area contributed by atoms with Crippen molar-refractivity contribution in [1.82, 2.24) is 0 Å². The number of nitriles is 1. The van der Waals surface area contributed by atoms with Crippen molar-refractivity contribution in [2.75, 3.05) is 0 Å². The van der Waals surface area contributed by atoms with Gasteiger partial charge >= 0.3 is 17.7 Å². The minimum atomic E-state index is -5.17. The summed E-state index contributed by atoms with van der Waals surface area (Å²) in [7, 11) is 0. The largest absolute Gasteiger partial charge is 0.478 e. The van der Waals surface area contributed by atoms with Gasteiger partial charge in [0.15, 0.2) is 0 Å². The topological polar surface area (TPSA) is 70.3 Å². The highest BCUT2D eigenvalue weighted by molar-refractivity contribution is 5.97. The summed E-state index contributed by atoms with van der Waals surface area (Å²) < 4.78 is 43.8. The summed E-state index contributed by atoms with van der Waals surface area (Å²) in [6.45, 7) is 0. The molecule has 1 aromatic rings. The number of alkyl halides is 3. The van der Waals surface area contributed by atoms with E-state index in [-0.39, 0.29) is 11.3 Å². The van der Waals surface area contributed by atoms with Gasteiger partial charge in [0.2, 0.25) is 0 Å². The predicted molar refractivity (Wildman–Crippen MR) is 57.1 cm³/mol. The summed E-state index contributed by atoms with van der Waals surface area (Å²) in [5, 5.41) is 17.7. The molecule has 2 rings (SSSR count). The first kappa shape index (κ1) is 13.0. The summed E-state index contributed by atoms with van der Waals surface area (Å²) in [5.74, 6) is -2.04. The summed E-state index contributed by atoms with van der Waals surface area (Å²) >= 11 is 0. The second-order valence-electron chi connectivity index (χ2n) is 3.79. The number of carboxylic acid groups (broad SMARTS) is 1. The van der Waals surface area contributed by atoms with Crippen molar-refractivity contribution in [2.45, 2.75) is 11.8 Å². The molecule has 98 valence electrons. The molecule has 1 heterocycles. The Balaban J connectivity index is 2.72. The van der Waals surface area contributed by atoms with Gasteiger partial charge in [-0.3, -0.25) is 0 Å². The number of carboxylic acids is 1. The van der Waals surface area contributed by atoms with Crippen LogP contribution in [0.2, 0.25) is 0 Å². The van der Waals surface area contributed by atoms with E-state index < -0.39 is 23.3 Å². The molecule has 0 aromatic heterocycles. The molecule has 1 atom stereocenters. The Morgan fingerprint density at radius 3 is 2.53 bits per heavy atom. The minimum Gasteiger partial charge on any atom is -0.478 e. The maximum absolute atomic E-state index is 13.0. The summed E-state index contributed by atoms with van der Waals surface area (Å²) in [6, 6.07) is 6.52. The second-order valence-corrected chi connectivity index (χ2v) is 3.79. The number of hydrogen-bond donors (Lipinski definition) is 1. The summed E-state index contributed by atoms with van der Waals surface area (Å²) in [4.78, 5) is 11.0. The maximum Gasteiger partial charge on any atom is 0.447 e. The van der Waals surface area contributed by atoms with Crippen molar-refractivity contribution in [1.29, 1.82) is 5.26 Å². The monoisotopic (exact) mass is 269 g/mol. The van der Waals surface area contributed by atoms with Crippen LogP contribution in [0.4, 0.5) is 13.2 Å². The van der Waals surface area contributed by atoms with Crippen molar-refractivity contribution >= 4 is 12.0 Å². The number of nitrogens with zero attached hydrogens (tertiary/aromatic N) is 1. The van der Waals surface area contributed by atoms with Crippen molar-refractivity contribution in [3.63, 3.8) is 0 Å². The van der Waals surface area contributed by atoms with Crippen LogP contribution < -0.4 is 4.74 Å². The Kier molecular flexibility index (Phi) is 2.74. The zero-order valence-corrected chi connectivity index (χ0v) is 9.23. The molecule has 0 amide bonds. The number of para-hydroxylation sites is 1. The zero-order valence-electron chi connectivity index (χ0n) is 9.23. The first-order valence-electron chi connectivity index (χ1n) is 5.03. The normalized spacial score (nSPS) is 21.7. The van der Waals surface area contributed by atoms with Crippen LogP contribution in [0.5, 0.6) is 5.75 Å². The van der Waals surface area contributed by atoms with Crippen molar-refractivity contribution < 1.29 is 27.8 Å². The minimum absolute atomic E-state index is 0.176. The van der Waals surface area contributed by atoms with E-state index in [1.54, 1.807) is 0 Å². The molecule has 0 saturated carbocycles. The quantitative estimate of drug-likeness (QED) is 0.849. The van der Waals surface area contributed by atoms with Crippen LogP contribution in [-0.4, -0.2) is 22.9 Å². The van der Waals surface area contributed by atoms with E-state index in [4.69, 9.17) is 10.4 Å². The molecule has 1 aliphatic heterocycles. The molecule has 0 spiro atoms. The Labute approximate surface area is 105 Å². The SMILES string of the molecule is N#CC1(C(F)(F)F)Oc2ccccc2C=C1C(=O)O. The Bertz CT molecular complexity index is 615. The van der Waals surface area contributed by atoms with E-state index >= 15 is 0 Å². The van der Waals surface area contributed by atoms with E-state index in [1.165, 1.54) is 24.3 Å². The molecule has 7 heteroatoms. The maximum atomic E-state index is 13.0. The van der Waals surface area contributed by atoms with Crippen LogP contribution in [0.3, 0.4) is 0 Å². The molecular formula is C12H6F3NO3. The number of carbonyl (C=O) groups is 1. The molecule has 4 nitrogen and oxygen atoms in total. The third kappa shape index (κ3) is 1.81. The second kappa shape index (κ2) is 4.02. The number of aliphatic carboxylic acids is 1. The number of benzene rings is 1. The van der Waals surface area contributed by atoms with E-state index in [2.05, 4.69) is 4.74 Å². The third-order valence-corrected chi connectivity index (χ3v) is 2.65. The molecule has 0 radical (unpaired) electrons. The van der Waals surface area contributed by atoms with Gasteiger partial charge in [-0.1, -0.05) is 18.2 Å². The first-order valence-corrected chi connectivity index (χ1v) is 5.03. The first-order chi connectivity index (χ1) is 8.82. The number of fused-ring (bicyclic) bond motifs is 1. The molecule has 0 aliphatic carbocycles. The fourth-order valence-corrected chi connectivity index (χ4v) is 1.74. The van der Waals surface area contributed by atoms with Gasteiger partial charge in [0, 0.05) is 5.56 Å². The average Bonchev–Trinajstić information content (AvgIpc) is 2.35. The smallest absolute Gasteiger partial charge is 0.447 e. The van der Waals surface area contributed by atoms with Gasteiger partial charge in [0.1, 0.15) is 17.4 Å². The molecule has 0 saturated heterocycles. The molecular weight excluding hydrogens is 263 g/mol. The van der Waals surface area contributed by atoms with Crippen LogP contribution in [-0.2, 0) is 4.79 Å². The predicted octanol–water partition coefficient (Wildman–Crippen LogP) is 2.37. The number of hydrogen-bond acceptors (Lipinski definition) is 3. The van der Waals surface area contributed by atoms with E-state index in [9.17, 15) is 18.0 Å². The summed E-state index contributed by atoms with van der Waals surface area (Å²) in [5.41, 5.74) is -4.47. The van der Waals surface area contributed by atoms with E-state index in [0.29, 0.717) is 0 Å². The fourth-order valence-electron chi connectivity index (χ4n) is 1.74. The van der Waals surface area contributed by atoms with E-state index in [0.717, 1.165) is 12.1 Å². The third-order valence-electron chi connectivity index (χ3n) is 2.65. The molecule has 19 heavy (non-hydrogen) atoms. The van der Waals surface area contributed by atoms with E-state index in [1.807, 2.05) is 0 Å². The molecule has 1 aliphatic rings. The zero-order chi connectivity index (χ0) is 14.3. The fraction of sp³-hybridized carbons (Fsp3) is 0.167. The average molecular weight is 269 g/mol. The van der Waals surface area contributed by atoms with Gasteiger partial charge in [0.05, 0.1) is 0 Å². The molecule has 0 bridgehead atoms. The van der Waals surface area contributed by atoms with Gasteiger partial charge in [0.25, 0.3) is 0 Å². The highest BCUT2D eigenvalue weighted by atomic mass is 19.4. The molecule has 0 fully saturated rings. The standard InChI is InChI=1S/C12H6F3NO3/c13-12(14,15)11(6-16)8(10(17)18)5-7-3-1-2-4-9(7)19-11/h1-5H,(H,17,18). The highest BCUT2D eigenvalue weighted by Crippen LogP contribution is 2.44. The van der Waals surface area contributed by atoms with Crippen LogP contribution in [0.25, 0.3) is 6.08 Å². The Morgan fingerprint density at radius 2 is 2.00 bits per heavy atom. The van der Waals surface area contributed by atoms with Gasteiger partial charge in [-0.05, 0) is 12.1 Å². The Hall–Kier alpha value is -2.49. The van der Waals surface area contributed by atoms with Crippen LogP contribution in [0.1, 0.15) is 5.56 Å². The lowest BCUT2D eigenvalue weighted by Gasteiger charge is -2.33. The van der Waals surface area contributed by atoms with Crippen molar-refractivity contribution in [3.8, 4) is 11.8 Å². The van der Waals surface area contributed by atoms with Crippen molar-refractivity contribution in [2.24, 2.45) is 0 Å². The van der Waals surface area contributed by atoms with Gasteiger partial charge < -0.3 is 9.84 Å². The Morgan fingerprint density at radius 1 is 1.37 bits per heavy atom. The number of halogens is 3. The molecule has 1 N–H and O–H groups in total.